The maximum atomic E-state index is 11.5. The molecule has 0 heterocycles. The van der Waals surface area contributed by atoms with Crippen molar-refractivity contribution in [1.82, 2.24) is 10.2 Å². The van der Waals surface area contributed by atoms with Crippen LogP contribution in [0.5, 0.6) is 0 Å². The summed E-state index contributed by atoms with van der Waals surface area (Å²) < 4.78 is 0. The molecule has 4 nitrogen and oxygen atoms in total. The topological polar surface area (TPSA) is 58.4 Å². The summed E-state index contributed by atoms with van der Waals surface area (Å²) in [6.45, 7) is 3.54. The van der Waals surface area contributed by atoms with E-state index in [-0.39, 0.29) is 11.9 Å². The molecule has 1 amide bonds. The maximum Gasteiger partial charge on any atom is 0.221 e. The van der Waals surface area contributed by atoms with Crippen molar-refractivity contribution in [2.24, 2.45) is 5.73 Å². The van der Waals surface area contributed by atoms with Gasteiger partial charge in [-0.2, -0.15) is 0 Å². The normalized spacial score (nSPS) is 18.3. The van der Waals surface area contributed by atoms with E-state index in [0.29, 0.717) is 19.0 Å². The molecule has 1 saturated carbocycles. The molecule has 1 aliphatic rings. The first-order valence-electron chi connectivity index (χ1n) is 5.37. The van der Waals surface area contributed by atoms with Gasteiger partial charge in [0.25, 0.3) is 0 Å². The number of amides is 1. The lowest BCUT2D eigenvalue weighted by molar-refractivity contribution is -0.122. The minimum absolute atomic E-state index is 0.142. The SMILES string of the molecule is CCN(C)C(CN)CC(=O)NC1CC1. The second-order valence-corrected chi connectivity index (χ2v) is 4.01. The van der Waals surface area contributed by atoms with E-state index in [1.54, 1.807) is 0 Å². The third kappa shape index (κ3) is 3.64. The molecule has 1 unspecified atom stereocenters. The molecule has 0 aliphatic heterocycles. The highest BCUT2D eigenvalue weighted by Crippen LogP contribution is 2.18. The molecule has 0 saturated heterocycles. The molecule has 82 valence electrons. The zero-order valence-corrected chi connectivity index (χ0v) is 9.12. The minimum atomic E-state index is 0.142. The summed E-state index contributed by atoms with van der Waals surface area (Å²) in [5.41, 5.74) is 5.62. The van der Waals surface area contributed by atoms with E-state index >= 15 is 0 Å². The Morgan fingerprint density at radius 1 is 1.64 bits per heavy atom. The predicted octanol–water partition coefficient (Wildman–Crippen LogP) is -0.0659. The van der Waals surface area contributed by atoms with Crippen LogP contribution < -0.4 is 11.1 Å². The van der Waals surface area contributed by atoms with Gasteiger partial charge in [0.1, 0.15) is 0 Å². The Labute approximate surface area is 85.8 Å². The Morgan fingerprint density at radius 3 is 2.71 bits per heavy atom. The van der Waals surface area contributed by atoms with Gasteiger partial charge < -0.3 is 16.0 Å². The van der Waals surface area contributed by atoms with E-state index in [4.69, 9.17) is 5.73 Å². The fourth-order valence-electron chi connectivity index (χ4n) is 1.41. The molecule has 0 aromatic rings. The number of nitrogens with two attached hydrogens (primary N) is 1. The lowest BCUT2D eigenvalue weighted by Crippen LogP contribution is -2.42. The molecule has 0 aromatic heterocycles. The van der Waals surface area contributed by atoms with Gasteiger partial charge >= 0.3 is 0 Å². The maximum absolute atomic E-state index is 11.5. The molecule has 0 bridgehead atoms. The molecule has 14 heavy (non-hydrogen) atoms. The number of carbonyl (C=O) groups is 1. The monoisotopic (exact) mass is 199 g/mol. The van der Waals surface area contributed by atoms with Crippen LogP contribution in [0.4, 0.5) is 0 Å². The van der Waals surface area contributed by atoms with Gasteiger partial charge in [0.2, 0.25) is 5.91 Å². The molecule has 0 aromatic carbocycles. The summed E-state index contributed by atoms with van der Waals surface area (Å²) in [7, 11) is 2.00. The van der Waals surface area contributed by atoms with Gasteiger partial charge in [0.15, 0.2) is 0 Å². The van der Waals surface area contributed by atoms with Crippen LogP contribution >= 0.6 is 0 Å². The number of rotatable bonds is 6. The van der Waals surface area contributed by atoms with Gasteiger partial charge in [0.05, 0.1) is 0 Å². The van der Waals surface area contributed by atoms with Crippen LogP contribution in [-0.4, -0.2) is 43.0 Å². The fraction of sp³-hybridized carbons (Fsp3) is 0.900. The van der Waals surface area contributed by atoms with Crippen LogP contribution in [-0.2, 0) is 4.79 Å². The Kier molecular flexibility index (Phi) is 4.35. The summed E-state index contributed by atoms with van der Waals surface area (Å²) in [6, 6.07) is 0.631. The number of likely N-dealkylation sites (N-methyl/N-ethyl adjacent to an activating group) is 1. The quantitative estimate of drug-likeness (QED) is 0.630. The van der Waals surface area contributed by atoms with Gasteiger partial charge in [-0.25, -0.2) is 0 Å². The first-order valence-corrected chi connectivity index (χ1v) is 5.37. The fourth-order valence-corrected chi connectivity index (χ4v) is 1.41. The van der Waals surface area contributed by atoms with Crippen molar-refractivity contribution < 1.29 is 4.79 Å². The lowest BCUT2D eigenvalue weighted by Gasteiger charge is -2.24. The van der Waals surface area contributed by atoms with Crippen molar-refractivity contribution in [1.29, 1.82) is 0 Å². The van der Waals surface area contributed by atoms with Crippen LogP contribution in [0.1, 0.15) is 26.2 Å². The molecule has 1 atom stereocenters. The van der Waals surface area contributed by atoms with Gasteiger partial charge in [-0.05, 0) is 26.4 Å². The molecule has 0 radical (unpaired) electrons. The Morgan fingerprint density at radius 2 is 2.29 bits per heavy atom. The molecule has 1 rings (SSSR count). The predicted molar refractivity (Wildman–Crippen MR) is 56.9 cm³/mol. The van der Waals surface area contributed by atoms with E-state index < -0.39 is 0 Å². The second kappa shape index (κ2) is 5.32. The zero-order valence-electron chi connectivity index (χ0n) is 9.12. The van der Waals surface area contributed by atoms with Crippen LogP contribution in [0.25, 0.3) is 0 Å². The first-order chi connectivity index (χ1) is 6.67. The average molecular weight is 199 g/mol. The standard InChI is InChI=1S/C10H21N3O/c1-3-13(2)9(7-11)6-10(14)12-8-4-5-8/h8-9H,3-7,11H2,1-2H3,(H,12,14). The van der Waals surface area contributed by atoms with E-state index in [0.717, 1.165) is 19.4 Å². The van der Waals surface area contributed by atoms with E-state index in [9.17, 15) is 4.79 Å². The van der Waals surface area contributed by atoms with Crippen molar-refractivity contribution in [3.05, 3.63) is 0 Å². The Hall–Kier alpha value is -0.610. The largest absolute Gasteiger partial charge is 0.353 e. The molecule has 3 N–H and O–H groups in total. The van der Waals surface area contributed by atoms with Crippen molar-refractivity contribution >= 4 is 5.91 Å². The highest BCUT2D eigenvalue weighted by atomic mass is 16.1. The summed E-state index contributed by atoms with van der Waals surface area (Å²) in [5, 5.41) is 2.98. The van der Waals surface area contributed by atoms with Crippen molar-refractivity contribution in [2.75, 3.05) is 20.1 Å². The summed E-state index contributed by atoms with van der Waals surface area (Å²) in [5.74, 6) is 0.142. The molecule has 1 aliphatic carbocycles. The smallest absolute Gasteiger partial charge is 0.221 e. The van der Waals surface area contributed by atoms with Crippen molar-refractivity contribution in [3.8, 4) is 0 Å². The zero-order chi connectivity index (χ0) is 10.6. The number of nitrogens with zero attached hydrogens (tertiary/aromatic N) is 1. The summed E-state index contributed by atoms with van der Waals surface area (Å²) in [4.78, 5) is 13.6. The van der Waals surface area contributed by atoms with Gasteiger partial charge in [-0.3, -0.25) is 4.79 Å². The van der Waals surface area contributed by atoms with E-state index in [2.05, 4.69) is 17.1 Å². The van der Waals surface area contributed by atoms with Gasteiger partial charge in [0, 0.05) is 25.0 Å². The second-order valence-electron chi connectivity index (χ2n) is 4.01. The Bertz CT molecular complexity index is 192. The van der Waals surface area contributed by atoms with E-state index in [1.807, 2.05) is 7.05 Å². The molecular weight excluding hydrogens is 178 g/mol. The van der Waals surface area contributed by atoms with Crippen LogP contribution in [0.2, 0.25) is 0 Å². The molecule has 4 heteroatoms. The van der Waals surface area contributed by atoms with Crippen LogP contribution in [0.3, 0.4) is 0 Å². The third-order valence-corrected chi connectivity index (χ3v) is 2.76. The van der Waals surface area contributed by atoms with E-state index in [1.165, 1.54) is 0 Å². The number of nitrogens with one attached hydrogen (secondary N) is 1. The minimum Gasteiger partial charge on any atom is -0.353 e. The lowest BCUT2D eigenvalue weighted by atomic mass is 10.1. The van der Waals surface area contributed by atoms with Crippen LogP contribution in [0, 0.1) is 0 Å². The third-order valence-electron chi connectivity index (χ3n) is 2.76. The van der Waals surface area contributed by atoms with Crippen molar-refractivity contribution in [2.45, 2.75) is 38.3 Å². The summed E-state index contributed by atoms with van der Waals surface area (Å²) in [6.07, 6.45) is 2.81. The number of carbonyl (C=O) groups excluding carboxylic acids is 1. The van der Waals surface area contributed by atoms with Crippen molar-refractivity contribution in [3.63, 3.8) is 0 Å². The highest BCUT2D eigenvalue weighted by Gasteiger charge is 2.24. The van der Waals surface area contributed by atoms with Gasteiger partial charge in [-0.15, -0.1) is 0 Å². The van der Waals surface area contributed by atoms with Gasteiger partial charge in [-0.1, -0.05) is 6.92 Å². The number of hydrogen-bond acceptors (Lipinski definition) is 3. The first kappa shape index (κ1) is 11.5. The average Bonchev–Trinajstić information content (AvgIpc) is 2.96. The van der Waals surface area contributed by atoms with Crippen LogP contribution in [0.15, 0.2) is 0 Å². The Balaban J connectivity index is 2.26. The molecular formula is C10H21N3O. The molecule has 1 fully saturated rings. The summed E-state index contributed by atoms with van der Waals surface area (Å²) >= 11 is 0. The highest BCUT2D eigenvalue weighted by molar-refractivity contribution is 5.77. The number of hydrogen-bond donors (Lipinski definition) is 2. The molecule has 0 spiro atoms.